The van der Waals surface area contributed by atoms with Crippen LogP contribution >= 0.6 is 11.6 Å². The second kappa shape index (κ2) is 9.96. The smallest absolute Gasteiger partial charge is 0.264 e. The van der Waals surface area contributed by atoms with Crippen molar-refractivity contribution in [2.45, 2.75) is 63.2 Å². The average Bonchev–Trinajstić information content (AvgIpc) is 3.49. The second-order valence-electron chi connectivity index (χ2n) is 10.6. The number of halogens is 1. The lowest BCUT2D eigenvalue weighted by Crippen LogP contribution is -2.46. The molecule has 1 spiro atoms. The number of hydrogen-bond acceptors (Lipinski definition) is 6. The van der Waals surface area contributed by atoms with Crippen LogP contribution in [0.5, 0.6) is 0 Å². The summed E-state index contributed by atoms with van der Waals surface area (Å²) < 4.78 is 8.55. The summed E-state index contributed by atoms with van der Waals surface area (Å²) in [6.07, 6.45) is 2.48. The van der Waals surface area contributed by atoms with Crippen molar-refractivity contribution in [1.82, 2.24) is 15.0 Å². The number of hydrogen-bond donors (Lipinski definition) is 2. The molecule has 1 fully saturated rings. The number of carbonyl (C=O) groups is 1. The lowest BCUT2D eigenvalue weighted by Gasteiger charge is -2.32. The van der Waals surface area contributed by atoms with Gasteiger partial charge in [-0.25, -0.2) is 0 Å². The third kappa shape index (κ3) is 4.63. The van der Waals surface area contributed by atoms with Gasteiger partial charge in [0, 0.05) is 47.8 Å². The Kier molecular flexibility index (Phi) is 7.01. The third-order valence-electron chi connectivity index (χ3n) is 7.73. The minimum absolute atomic E-state index is 0.0143. The van der Waals surface area contributed by atoms with Crippen LogP contribution in [0.4, 0.5) is 5.69 Å². The number of aliphatic hydroxyl groups excluding tert-OH is 1. The van der Waals surface area contributed by atoms with E-state index in [1.54, 1.807) is 15.6 Å². The van der Waals surface area contributed by atoms with Crippen molar-refractivity contribution >= 4 is 31.5 Å². The van der Waals surface area contributed by atoms with Crippen LogP contribution in [0, 0.1) is 5.92 Å². The van der Waals surface area contributed by atoms with E-state index in [1.165, 1.54) is 0 Å². The maximum absolute atomic E-state index is 14.3. The van der Waals surface area contributed by atoms with Crippen LogP contribution < -0.4 is 4.90 Å². The van der Waals surface area contributed by atoms with Gasteiger partial charge >= 0.3 is 0 Å². The quantitative estimate of drug-likeness (QED) is 0.420. The van der Waals surface area contributed by atoms with Gasteiger partial charge in [-0.3, -0.25) is 9.48 Å². The fraction of sp³-hybridized carbons (Fsp3) is 0.444. The Balaban J connectivity index is 1.50. The highest BCUT2D eigenvalue weighted by atomic mass is 35.5. The molecule has 2 aliphatic heterocycles. The van der Waals surface area contributed by atoms with Gasteiger partial charge in [-0.15, -0.1) is 5.10 Å². The molecular formula is C27H33ClN4O4Si. The summed E-state index contributed by atoms with van der Waals surface area (Å²) in [4.78, 5) is 27.5. The van der Waals surface area contributed by atoms with Gasteiger partial charge in [-0.1, -0.05) is 54.1 Å². The molecule has 2 aromatic carbocycles. The van der Waals surface area contributed by atoms with Crippen LogP contribution in [0.2, 0.25) is 23.7 Å². The van der Waals surface area contributed by atoms with Crippen LogP contribution in [-0.4, -0.2) is 51.8 Å². The van der Waals surface area contributed by atoms with E-state index >= 15 is 0 Å². The molecule has 1 aromatic heterocycles. The second-order valence-corrected chi connectivity index (χ2v) is 15.0. The zero-order valence-electron chi connectivity index (χ0n) is 21.3. The molecule has 1 saturated heterocycles. The molecule has 0 aliphatic carbocycles. The van der Waals surface area contributed by atoms with Crippen LogP contribution in [0.25, 0.3) is 0 Å². The number of nitrogens with zero attached hydrogens (tertiary/aromatic N) is 4. The topological polar surface area (TPSA) is 101 Å². The van der Waals surface area contributed by atoms with E-state index in [-0.39, 0.29) is 30.1 Å². The fourth-order valence-corrected chi connectivity index (χ4v) is 8.95. The Labute approximate surface area is 223 Å². The van der Waals surface area contributed by atoms with Gasteiger partial charge < -0.3 is 19.5 Å². The molecule has 0 unspecified atom stereocenters. The molecule has 2 aliphatic rings. The summed E-state index contributed by atoms with van der Waals surface area (Å²) in [7, 11) is -2.76. The first kappa shape index (κ1) is 26.1. The van der Waals surface area contributed by atoms with Crippen molar-refractivity contribution in [3.05, 3.63) is 76.6 Å². The van der Waals surface area contributed by atoms with E-state index < -0.39 is 13.9 Å². The number of aliphatic hydroxyl groups is 1. The molecule has 0 radical (unpaired) electrons. The fourth-order valence-electron chi connectivity index (χ4n) is 6.18. The van der Waals surface area contributed by atoms with Crippen molar-refractivity contribution in [1.29, 1.82) is 0 Å². The molecule has 8 nitrogen and oxygen atoms in total. The Morgan fingerprint density at radius 2 is 1.95 bits per heavy atom. The minimum atomic E-state index is -2.76. The van der Waals surface area contributed by atoms with E-state index in [9.17, 15) is 14.7 Å². The first-order valence-electron chi connectivity index (χ1n) is 12.7. The molecule has 0 bridgehead atoms. The van der Waals surface area contributed by atoms with Crippen LogP contribution in [-0.2, 0) is 34.6 Å². The third-order valence-corrected chi connectivity index (χ3v) is 10.5. The zero-order valence-corrected chi connectivity index (χ0v) is 23.1. The highest BCUT2D eigenvalue weighted by molar-refractivity contribution is 6.71. The number of aryl methyl sites for hydroxylation is 1. The van der Waals surface area contributed by atoms with Gasteiger partial charge in [0.05, 0.1) is 24.0 Å². The molecule has 1 amide bonds. The molecule has 4 atom stereocenters. The van der Waals surface area contributed by atoms with Crippen LogP contribution in [0.3, 0.4) is 0 Å². The lowest BCUT2D eigenvalue weighted by molar-refractivity contribution is -0.146. The summed E-state index contributed by atoms with van der Waals surface area (Å²) >= 11 is 6.46. The van der Waals surface area contributed by atoms with Gasteiger partial charge in [0.15, 0.2) is 13.9 Å². The highest BCUT2D eigenvalue weighted by Gasteiger charge is 2.66. The van der Waals surface area contributed by atoms with Crippen molar-refractivity contribution in [2.75, 3.05) is 11.5 Å². The van der Waals surface area contributed by atoms with Crippen LogP contribution in [0.1, 0.15) is 30.2 Å². The lowest BCUT2D eigenvalue weighted by atomic mass is 9.82. The SMILES string of the molecule is C[C@@H]1[C@@H]([Si](C)(C)O)[C@H](CCn2cc(CCO)nn2)O[C@@]12C(=O)N(Cc1ccccc1)c1ccc(Cl)cc12. The molecule has 3 aromatic rings. The Hall–Kier alpha value is -2.56. The number of aromatic nitrogens is 3. The molecule has 2 N–H and O–H groups in total. The molecule has 10 heteroatoms. The van der Waals surface area contributed by atoms with Gasteiger partial charge in [0.1, 0.15) is 0 Å². The highest BCUT2D eigenvalue weighted by Crippen LogP contribution is 2.60. The molecule has 5 rings (SSSR count). The Morgan fingerprint density at radius 1 is 1.19 bits per heavy atom. The monoisotopic (exact) mass is 540 g/mol. The normalized spacial score (nSPS) is 25.3. The Bertz CT molecular complexity index is 1280. The minimum Gasteiger partial charge on any atom is -0.432 e. The van der Waals surface area contributed by atoms with Gasteiger partial charge in [-0.05, 0) is 43.3 Å². The van der Waals surface area contributed by atoms with Crippen molar-refractivity contribution in [3.63, 3.8) is 0 Å². The first-order valence-corrected chi connectivity index (χ1v) is 16.1. The number of anilines is 1. The van der Waals surface area contributed by atoms with Crippen molar-refractivity contribution < 1.29 is 19.4 Å². The van der Waals surface area contributed by atoms with Crippen LogP contribution in [0.15, 0.2) is 54.7 Å². The first-order chi connectivity index (χ1) is 17.6. The standard InChI is InChI=1S/C27H33ClN4O4Si/c1-18-25(37(2,3)35)24(11-13-31-17-21(12-14-33)29-30-31)36-27(18)22-15-20(28)9-10-23(22)32(26(27)34)16-19-7-5-4-6-8-19/h4-10,15,17-18,24-25,33,35H,11-14,16H2,1-3H3/t18-,24+,25-,27+/m1/s1. The van der Waals surface area contributed by atoms with Gasteiger partial charge in [0.25, 0.3) is 5.91 Å². The van der Waals surface area contributed by atoms with E-state index in [1.807, 2.05) is 68.7 Å². The number of rotatable bonds is 8. The Morgan fingerprint density at radius 3 is 2.65 bits per heavy atom. The van der Waals surface area contributed by atoms with E-state index in [0.29, 0.717) is 31.0 Å². The number of fused-ring (bicyclic) bond motifs is 2. The molecule has 196 valence electrons. The molecule has 3 heterocycles. The van der Waals surface area contributed by atoms with Crippen molar-refractivity contribution in [3.8, 4) is 0 Å². The maximum atomic E-state index is 14.3. The number of amides is 1. The van der Waals surface area contributed by atoms with E-state index in [0.717, 1.165) is 22.5 Å². The van der Waals surface area contributed by atoms with Gasteiger partial charge in [0.2, 0.25) is 0 Å². The predicted octanol–water partition coefficient (Wildman–Crippen LogP) is 3.90. The van der Waals surface area contributed by atoms with Gasteiger partial charge in [-0.2, -0.15) is 0 Å². The summed E-state index contributed by atoms with van der Waals surface area (Å²) in [5.41, 5.74) is 1.91. The number of carbonyl (C=O) groups excluding carboxylic acids is 1. The zero-order chi connectivity index (χ0) is 26.4. The summed E-state index contributed by atoms with van der Waals surface area (Å²) in [5, 5.41) is 18.0. The van der Waals surface area contributed by atoms with Crippen molar-refractivity contribution in [2.24, 2.45) is 5.92 Å². The number of ether oxygens (including phenoxy) is 1. The van der Waals surface area contributed by atoms with E-state index in [4.69, 9.17) is 16.3 Å². The predicted molar refractivity (Wildman–Crippen MR) is 144 cm³/mol. The molecule has 37 heavy (non-hydrogen) atoms. The summed E-state index contributed by atoms with van der Waals surface area (Å²) in [5.74, 6) is -0.367. The average molecular weight is 541 g/mol. The molecular weight excluding hydrogens is 508 g/mol. The largest absolute Gasteiger partial charge is 0.432 e. The molecule has 0 saturated carbocycles. The maximum Gasteiger partial charge on any atom is 0.264 e. The van der Waals surface area contributed by atoms with E-state index in [2.05, 4.69) is 10.3 Å². The summed E-state index contributed by atoms with van der Waals surface area (Å²) in [6, 6.07) is 15.4. The summed E-state index contributed by atoms with van der Waals surface area (Å²) in [6.45, 7) is 6.82. The number of benzene rings is 2.